The second-order valence-electron chi connectivity index (χ2n) is 7.46. The average Bonchev–Trinajstić information content (AvgIpc) is 2.73. The van der Waals surface area contributed by atoms with E-state index in [0.29, 0.717) is 19.6 Å². The highest BCUT2D eigenvalue weighted by molar-refractivity contribution is 5.64. The Hall–Kier alpha value is -2.30. The third kappa shape index (κ3) is 5.59. The molecule has 27 heavy (non-hydrogen) atoms. The van der Waals surface area contributed by atoms with Gasteiger partial charge < -0.3 is 4.74 Å². The number of hydrogen-bond donors (Lipinski definition) is 0. The van der Waals surface area contributed by atoms with Gasteiger partial charge >= 0.3 is 0 Å². The molecule has 2 aromatic rings. The minimum Gasteiger partial charge on any atom is -0.376 e. The highest BCUT2D eigenvalue weighted by atomic mass is 16.5. The second kappa shape index (κ2) is 10.1. The Balaban J connectivity index is 1.56. The highest BCUT2D eigenvalue weighted by Crippen LogP contribution is 2.36. The summed E-state index contributed by atoms with van der Waals surface area (Å²) in [6, 6.07) is 17.8. The first-order chi connectivity index (χ1) is 13.3. The van der Waals surface area contributed by atoms with Gasteiger partial charge in [0.2, 0.25) is 0 Å². The summed E-state index contributed by atoms with van der Waals surface area (Å²) in [4.78, 5) is 0. The van der Waals surface area contributed by atoms with Crippen LogP contribution in [0.25, 0.3) is 11.1 Å². The minimum absolute atomic E-state index is 0.621. The molecule has 3 rings (SSSR count). The van der Waals surface area contributed by atoms with Crippen LogP contribution in [-0.2, 0) is 11.3 Å². The van der Waals surface area contributed by atoms with Crippen LogP contribution in [-0.4, -0.2) is 6.61 Å². The molecule has 0 spiro atoms. The molecule has 0 bridgehead atoms. The first-order valence-corrected chi connectivity index (χ1v) is 10.1. The molecule has 1 heteroatoms. The maximum atomic E-state index is 5.56. The quantitative estimate of drug-likeness (QED) is 0.302. The van der Waals surface area contributed by atoms with Crippen LogP contribution in [0.3, 0.4) is 0 Å². The number of ether oxygens (including phenoxy) is 1. The van der Waals surface area contributed by atoms with Gasteiger partial charge in [0.05, 0.1) is 13.2 Å². The first-order valence-electron chi connectivity index (χ1n) is 10.1. The number of terminal acetylenes is 1. The van der Waals surface area contributed by atoms with Crippen molar-refractivity contribution < 1.29 is 4.74 Å². The molecular weight excluding hydrogens is 328 g/mol. The van der Waals surface area contributed by atoms with E-state index < -0.39 is 0 Å². The van der Waals surface area contributed by atoms with Gasteiger partial charge in [-0.1, -0.05) is 60.7 Å². The van der Waals surface area contributed by atoms with E-state index in [-0.39, 0.29) is 0 Å². The van der Waals surface area contributed by atoms with Gasteiger partial charge in [-0.3, -0.25) is 0 Å². The van der Waals surface area contributed by atoms with Gasteiger partial charge in [0.1, 0.15) is 0 Å². The zero-order valence-electron chi connectivity index (χ0n) is 16.4. The Morgan fingerprint density at radius 2 is 1.59 bits per heavy atom. The van der Waals surface area contributed by atoms with Gasteiger partial charge in [-0.15, -0.1) is 12.3 Å². The van der Waals surface area contributed by atoms with E-state index in [1.165, 1.54) is 47.9 Å². The molecule has 0 atom stereocenters. The molecule has 1 aliphatic rings. The monoisotopic (exact) mass is 358 g/mol. The molecule has 1 fully saturated rings. The molecule has 0 aliphatic heterocycles. The lowest BCUT2D eigenvalue weighted by Crippen LogP contribution is -2.11. The topological polar surface area (TPSA) is 9.23 Å². The molecule has 2 aromatic carbocycles. The fourth-order valence-electron chi connectivity index (χ4n) is 3.98. The minimum atomic E-state index is 0.621. The molecule has 1 aliphatic carbocycles. The molecule has 0 N–H and O–H groups in total. The summed E-state index contributed by atoms with van der Waals surface area (Å²) in [5, 5.41) is 0. The van der Waals surface area contributed by atoms with Gasteiger partial charge in [0.15, 0.2) is 0 Å². The SMILES string of the molecule is C#CCCOCc1ccc(-c2ccc(C3CCC(/C=C\C)CC3)cc2)cc1. The van der Waals surface area contributed by atoms with Crippen LogP contribution in [0.1, 0.15) is 56.1 Å². The predicted octanol–water partition coefficient (Wildman–Crippen LogP) is 6.74. The Bertz CT molecular complexity index is 753. The lowest BCUT2D eigenvalue weighted by atomic mass is 9.78. The molecule has 0 unspecified atom stereocenters. The standard InChI is InChI=1S/C26H30O/c1-3-5-19-27-20-22-9-13-24(14-10-22)26-17-15-25(16-18-26)23-11-7-21(6-4-2)8-12-23/h1,4,6,9-10,13-18,21,23H,5,7-8,11-12,19-20H2,2H3/b6-4-. The Morgan fingerprint density at radius 1 is 0.963 bits per heavy atom. The zero-order chi connectivity index (χ0) is 18.9. The van der Waals surface area contributed by atoms with E-state index in [1.54, 1.807) is 0 Å². The predicted molar refractivity (Wildman–Crippen MR) is 114 cm³/mol. The van der Waals surface area contributed by atoms with Gasteiger partial charge in [-0.2, -0.15) is 0 Å². The van der Waals surface area contributed by atoms with E-state index in [1.807, 2.05) is 0 Å². The number of hydrogen-bond acceptors (Lipinski definition) is 1. The van der Waals surface area contributed by atoms with E-state index in [0.717, 1.165) is 11.8 Å². The fraction of sp³-hybridized carbons (Fsp3) is 0.385. The smallest absolute Gasteiger partial charge is 0.0717 e. The summed E-state index contributed by atoms with van der Waals surface area (Å²) in [5.74, 6) is 4.11. The summed E-state index contributed by atoms with van der Waals surface area (Å²) in [5.41, 5.74) is 5.22. The maximum Gasteiger partial charge on any atom is 0.0717 e. The van der Waals surface area contributed by atoms with Gasteiger partial charge in [-0.25, -0.2) is 0 Å². The summed E-state index contributed by atoms with van der Waals surface area (Å²) in [7, 11) is 0. The average molecular weight is 359 g/mol. The zero-order valence-corrected chi connectivity index (χ0v) is 16.4. The number of benzene rings is 2. The van der Waals surface area contributed by atoms with Crippen LogP contribution in [0.5, 0.6) is 0 Å². The van der Waals surface area contributed by atoms with E-state index in [4.69, 9.17) is 11.2 Å². The van der Waals surface area contributed by atoms with Crippen molar-refractivity contribution in [1.82, 2.24) is 0 Å². The normalized spacial score (nSPS) is 19.9. The summed E-state index contributed by atoms with van der Waals surface area (Å²) >= 11 is 0. The van der Waals surface area contributed by atoms with E-state index in [9.17, 15) is 0 Å². The summed E-state index contributed by atoms with van der Waals surface area (Å²) < 4.78 is 5.56. The molecule has 0 saturated heterocycles. The van der Waals surface area contributed by atoms with Gasteiger partial charge in [-0.05, 0) is 66.7 Å². The molecule has 0 radical (unpaired) electrons. The van der Waals surface area contributed by atoms with Crippen LogP contribution in [0.15, 0.2) is 60.7 Å². The van der Waals surface area contributed by atoms with E-state index >= 15 is 0 Å². The van der Waals surface area contributed by atoms with Crippen molar-refractivity contribution in [3.05, 3.63) is 71.8 Å². The molecule has 0 amide bonds. The third-order valence-corrected chi connectivity index (χ3v) is 5.57. The second-order valence-corrected chi connectivity index (χ2v) is 7.46. The maximum absolute atomic E-state index is 5.56. The van der Waals surface area contributed by atoms with Crippen molar-refractivity contribution in [3.63, 3.8) is 0 Å². The molecular formula is C26H30O. The molecule has 140 valence electrons. The summed E-state index contributed by atoms with van der Waals surface area (Å²) in [6.07, 6.45) is 15.7. The lowest BCUT2D eigenvalue weighted by Gasteiger charge is -2.27. The van der Waals surface area contributed by atoms with Crippen molar-refractivity contribution >= 4 is 0 Å². The van der Waals surface area contributed by atoms with Crippen molar-refractivity contribution in [2.24, 2.45) is 5.92 Å². The van der Waals surface area contributed by atoms with Crippen LogP contribution in [0, 0.1) is 18.3 Å². The summed E-state index contributed by atoms with van der Waals surface area (Å²) in [6.45, 7) is 3.37. The van der Waals surface area contributed by atoms with Crippen LogP contribution in [0.2, 0.25) is 0 Å². The van der Waals surface area contributed by atoms with Crippen molar-refractivity contribution in [3.8, 4) is 23.5 Å². The number of rotatable bonds is 7. The van der Waals surface area contributed by atoms with Gasteiger partial charge in [0.25, 0.3) is 0 Å². The lowest BCUT2D eigenvalue weighted by molar-refractivity contribution is 0.126. The Labute approximate surface area is 164 Å². The first kappa shape index (κ1) is 19.5. The Morgan fingerprint density at radius 3 is 2.19 bits per heavy atom. The molecule has 1 nitrogen and oxygen atoms in total. The van der Waals surface area contributed by atoms with Crippen molar-refractivity contribution in [2.75, 3.05) is 6.61 Å². The van der Waals surface area contributed by atoms with Gasteiger partial charge in [0, 0.05) is 6.42 Å². The largest absolute Gasteiger partial charge is 0.376 e. The molecule has 1 saturated carbocycles. The Kier molecular flexibility index (Phi) is 7.31. The number of allylic oxidation sites excluding steroid dienone is 2. The van der Waals surface area contributed by atoms with Crippen LogP contribution < -0.4 is 0 Å². The fourth-order valence-corrected chi connectivity index (χ4v) is 3.98. The van der Waals surface area contributed by atoms with Crippen molar-refractivity contribution in [1.29, 1.82) is 0 Å². The molecule has 0 aromatic heterocycles. The third-order valence-electron chi connectivity index (χ3n) is 5.57. The van der Waals surface area contributed by atoms with E-state index in [2.05, 4.69) is 73.5 Å². The highest BCUT2D eigenvalue weighted by Gasteiger charge is 2.20. The van der Waals surface area contributed by atoms with Crippen LogP contribution in [0.4, 0.5) is 0 Å². The molecule has 0 heterocycles. The van der Waals surface area contributed by atoms with Crippen molar-refractivity contribution in [2.45, 2.75) is 51.6 Å². The van der Waals surface area contributed by atoms with Crippen LogP contribution >= 0.6 is 0 Å².